The summed E-state index contributed by atoms with van der Waals surface area (Å²) in [7, 11) is 0. The smallest absolute Gasteiger partial charge is 0.416 e. The van der Waals surface area contributed by atoms with Crippen molar-refractivity contribution in [3.63, 3.8) is 0 Å². The van der Waals surface area contributed by atoms with Crippen molar-refractivity contribution in [3.05, 3.63) is 12.7 Å². The molecule has 1 rings (SSSR count). The average molecular weight is 199 g/mol. The van der Waals surface area contributed by atoms with Gasteiger partial charge in [0.15, 0.2) is 0 Å². The number of imide groups is 1. The number of ether oxygens (including phenoxy) is 1. The average Bonchev–Trinajstić information content (AvgIpc) is 2.59. The van der Waals surface area contributed by atoms with Crippen molar-refractivity contribution in [1.82, 2.24) is 4.90 Å². The molecule has 5 heteroatoms. The van der Waals surface area contributed by atoms with Gasteiger partial charge in [0, 0.05) is 0 Å². The standard InChI is InChI=1S/C9H13NO4/c1-2-3-4-7(11)8(12)10-5-6-14-9(10)13/h2,7,11H,1,3-6H2. The largest absolute Gasteiger partial charge is 0.447 e. The third-order valence-corrected chi connectivity index (χ3v) is 1.96. The van der Waals surface area contributed by atoms with Gasteiger partial charge in [-0.05, 0) is 12.8 Å². The fourth-order valence-electron chi connectivity index (χ4n) is 1.17. The van der Waals surface area contributed by atoms with E-state index >= 15 is 0 Å². The molecule has 1 fully saturated rings. The summed E-state index contributed by atoms with van der Waals surface area (Å²) in [6, 6.07) is 0. The van der Waals surface area contributed by atoms with Gasteiger partial charge in [-0.15, -0.1) is 6.58 Å². The first-order valence-electron chi connectivity index (χ1n) is 4.44. The maximum absolute atomic E-state index is 11.4. The lowest BCUT2D eigenvalue weighted by molar-refractivity contribution is -0.136. The van der Waals surface area contributed by atoms with Gasteiger partial charge in [0.25, 0.3) is 5.91 Å². The van der Waals surface area contributed by atoms with Crippen molar-refractivity contribution in [2.75, 3.05) is 13.2 Å². The molecular weight excluding hydrogens is 186 g/mol. The molecule has 1 unspecified atom stereocenters. The Labute approximate surface area is 82.0 Å². The van der Waals surface area contributed by atoms with Crippen molar-refractivity contribution in [1.29, 1.82) is 0 Å². The van der Waals surface area contributed by atoms with E-state index in [0.29, 0.717) is 6.42 Å². The number of amides is 2. The Bertz CT molecular complexity index is 251. The molecule has 0 aromatic rings. The Morgan fingerprint density at radius 3 is 3.00 bits per heavy atom. The van der Waals surface area contributed by atoms with Gasteiger partial charge in [-0.25, -0.2) is 9.69 Å². The lowest BCUT2D eigenvalue weighted by atomic mass is 10.2. The van der Waals surface area contributed by atoms with Crippen LogP contribution in [-0.2, 0) is 9.53 Å². The second-order valence-corrected chi connectivity index (χ2v) is 2.99. The molecule has 0 bridgehead atoms. The van der Waals surface area contributed by atoms with Crippen LogP contribution in [0.2, 0.25) is 0 Å². The summed E-state index contributed by atoms with van der Waals surface area (Å²) in [5, 5.41) is 9.38. The second-order valence-electron chi connectivity index (χ2n) is 2.99. The Kier molecular flexibility index (Phi) is 3.64. The summed E-state index contributed by atoms with van der Waals surface area (Å²) in [5.41, 5.74) is 0. The van der Waals surface area contributed by atoms with Gasteiger partial charge >= 0.3 is 6.09 Å². The molecular formula is C9H13NO4. The minimum atomic E-state index is -1.14. The van der Waals surface area contributed by atoms with Gasteiger partial charge in [-0.3, -0.25) is 4.79 Å². The van der Waals surface area contributed by atoms with E-state index in [2.05, 4.69) is 11.3 Å². The summed E-state index contributed by atoms with van der Waals surface area (Å²) in [6.45, 7) is 3.91. The summed E-state index contributed by atoms with van der Waals surface area (Å²) in [4.78, 5) is 23.3. The van der Waals surface area contributed by atoms with Gasteiger partial charge in [-0.1, -0.05) is 6.08 Å². The zero-order valence-electron chi connectivity index (χ0n) is 7.81. The molecule has 0 saturated carbocycles. The van der Waals surface area contributed by atoms with E-state index in [1.807, 2.05) is 0 Å². The van der Waals surface area contributed by atoms with Crippen LogP contribution in [0.5, 0.6) is 0 Å². The fourth-order valence-corrected chi connectivity index (χ4v) is 1.17. The van der Waals surface area contributed by atoms with Gasteiger partial charge in [0.1, 0.15) is 12.7 Å². The summed E-state index contributed by atoms with van der Waals surface area (Å²) in [6.07, 6.45) is 0.618. The minimum Gasteiger partial charge on any atom is -0.447 e. The predicted molar refractivity (Wildman–Crippen MR) is 48.5 cm³/mol. The molecule has 0 spiro atoms. The van der Waals surface area contributed by atoms with Crippen molar-refractivity contribution >= 4 is 12.0 Å². The lowest BCUT2D eigenvalue weighted by Gasteiger charge is -2.14. The van der Waals surface area contributed by atoms with E-state index in [-0.39, 0.29) is 19.6 Å². The van der Waals surface area contributed by atoms with Crippen LogP contribution in [-0.4, -0.2) is 41.3 Å². The summed E-state index contributed by atoms with van der Waals surface area (Å²) < 4.78 is 4.58. The van der Waals surface area contributed by atoms with Crippen molar-refractivity contribution < 1.29 is 19.4 Å². The number of hydrogen-bond acceptors (Lipinski definition) is 4. The second kappa shape index (κ2) is 4.76. The van der Waals surface area contributed by atoms with Crippen LogP contribution in [0.15, 0.2) is 12.7 Å². The molecule has 1 heterocycles. The molecule has 1 N–H and O–H groups in total. The van der Waals surface area contributed by atoms with Crippen molar-refractivity contribution in [3.8, 4) is 0 Å². The van der Waals surface area contributed by atoms with Crippen LogP contribution in [0.4, 0.5) is 4.79 Å². The van der Waals surface area contributed by atoms with Crippen LogP contribution < -0.4 is 0 Å². The first-order valence-corrected chi connectivity index (χ1v) is 4.44. The van der Waals surface area contributed by atoms with E-state index in [9.17, 15) is 14.7 Å². The normalized spacial score (nSPS) is 17.8. The highest BCUT2D eigenvalue weighted by Crippen LogP contribution is 2.08. The molecule has 5 nitrogen and oxygen atoms in total. The van der Waals surface area contributed by atoms with E-state index in [4.69, 9.17) is 0 Å². The molecule has 1 aliphatic heterocycles. The molecule has 1 aliphatic rings. The molecule has 0 aromatic carbocycles. The molecule has 2 amide bonds. The van der Waals surface area contributed by atoms with E-state index in [1.54, 1.807) is 6.08 Å². The summed E-state index contributed by atoms with van der Waals surface area (Å²) in [5.74, 6) is -0.589. The minimum absolute atomic E-state index is 0.207. The Morgan fingerprint density at radius 2 is 2.50 bits per heavy atom. The van der Waals surface area contributed by atoms with Crippen LogP contribution >= 0.6 is 0 Å². The summed E-state index contributed by atoms with van der Waals surface area (Å²) >= 11 is 0. The third kappa shape index (κ3) is 2.32. The number of aliphatic hydroxyl groups excluding tert-OH is 1. The molecule has 0 radical (unpaired) electrons. The molecule has 14 heavy (non-hydrogen) atoms. The quantitative estimate of drug-likeness (QED) is 0.661. The Hall–Kier alpha value is -1.36. The van der Waals surface area contributed by atoms with Crippen molar-refractivity contribution in [2.24, 2.45) is 0 Å². The monoisotopic (exact) mass is 199 g/mol. The highest BCUT2D eigenvalue weighted by Gasteiger charge is 2.31. The topological polar surface area (TPSA) is 66.8 Å². The SMILES string of the molecule is C=CCCC(O)C(=O)N1CCOC1=O. The van der Waals surface area contributed by atoms with Gasteiger partial charge in [0.2, 0.25) is 0 Å². The van der Waals surface area contributed by atoms with Gasteiger partial charge in [0.05, 0.1) is 6.54 Å². The number of cyclic esters (lactones) is 1. The number of carbonyl (C=O) groups excluding carboxylic acids is 2. The Morgan fingerprint density at radius 1 is 1.79 bits per heavy atom. The predicted octanol–water partition coefficient (Wildman–Crippen LogP) is 0.292. The first-order chi connectivity index (χ1) is 6.66. The first kappa shape index (κ1) is 10.7. The Balaban J connectivity index is 2.46. The van der Waals surface area contributed by atoms with E-state index in [0.717, 1.165) is 4.90 Å². The molecule has 1 saturated heterocycles. The fraction of sp³-hybridized carbons (Fsp3) is 0.556. The molecule has 0 aliphatic carbocycles. The maximum Gasteiger partial charge on any atom is 0.416 e. The van der Waals surface area contributed by atoms with Gasteiger partial charge in [-0.2, -0.15) is 0 Å². The van der Waals surface area contributed by atoms with Crippen molar-refractivity contribution in [2.45, 2.75) is 18.9 Å². The molecule has 1 atom stereocenters. The van der Waals surface area contributed by atoms with Crippen LogP contribution in [0, 0.1) is 0 Å². The van der Waals surface area contributed by atoms with Crippen LogP contribution in [0.3, 0.4) is 0 Å². The third-order valence-electron chi connectivity index (χ3n) is 1.96. The zero-order chi connectivity index (χ0) is 10.6. The maximum atomic E-state index is 11.4. The number of nitrogens with zero attached hydrogens (tertiary/aromatic N) is 1. The highest BCUT2D eigenvalue weighted by atomic mass is 16.6. The molecule has 0 aromatic heterocycles. The lowest BCUT2D eigenvalue weighted by Crippen LogP contribution is -2.39. The van der Waals surface area contributed by atoms with E-state index in [1.165, 1.54) is 0 Å². The number of aliphatic hydroxyl groups is 1. The molecule has 78 valence electrons. The number of hydrogen-bond donors (Lipinski definition) is 1. The van der Waals surface area contributed by atoms with E-state index < -0.39 is 18.1 Å². The van der Waals surface area contributed by atoms with Crippen LogP contribution in [0.25, 0.3) is 0 Å². The van der Waals surface area contributed by atoms with Gasteiger partial charge < -0.3 is 9.84 Å². The number of allylic oxidation sites excluding steroid dienone is 1. The number of rotatable bonds is 4. The number of carbonyl (C=O) groups is 2. The van der Waals surface area contributed by atoms with Crippen LogP contribution in [0.1, 0.15) is 12.8 Å². The zero-order valence-corrected chi connectivity index (χ0v) is 7.81. The highest BCUT2D eigenvalue weighted by molar-refractivity contribution is 5.95.